The second-order valence-electron chi connectivity index (χ2n) is 7.18. The molecular weight excluding hydrogens is 324 g/mol. The van der Waals surface area contributed by atoms with Crippen molar-refractivity contribution in [2.45, 2.75) is 45.6 Å². The molecule has 1 saturated heterocycles. The van der Waals surface area contributed by atoms with Gasteiger partial charge in [-0.05, 0) is 56.2 Å². The van der Waals surface area contributed by atoms with Crippen LogP contribution < -0.4 is 10.2 Å². The lowest BCUT2D eigenvalue weighted by Gasteiger charge is -2.32. The molecule has 1 aromatic carbocycles. The molecule has 0 aliphatic carbocycles. The average Bonchev–Trinajstić information content (AvgIpc) is 2.69. The third-order valence-corrected chi connectivity index (χ3v) is 5.18. The molecule has 5 heteroatoms. The summed E-state index contributed by atoms with van der Waals surface area (Å²) in [5.41, 5.74) is 1.80. The number of carbonyl (C=O) groups is 1. The van der Waals surface area contributed by atoms with Crippen LogP contribution in [-0.4, -0.2) is 35.2 Å². The fourth-order valence-electron chi connectivity index (χ4n) is 3.33. The van der Waals surface area contributed by atoms with Gasteiger partial charge in [-0.15, -0.1) is 10.2 Å². The van der Waals surface area contributed by atoms with E-state index < -0.39 is 0 Å². The topological polar surface area (TPSA) is 58.1 Å². The summed E-state index contributed by atoms with van der Waals surface area (Å²) in [6.07, 6.45) is 4.36. The second-order valence-corrected chi connectivity index (χ2v) is 7.18. The molecular formula is C21H28N4O. The first-order chi connectivity index (χ1) is 12.7. The Morgan fingerprint density at radius 1 is 1.15 bits per heavy atom. The van der Waals surface area contributed by atoms with Crippen molar-refractivity contribution in [1.29, 1.82) is 0 Å². The summed E-state index contributed by atoms with van der Waals surface area (Å²) in [5.74, 6) is 1.44. The molecule has 138 valence electrons. The number of nitrogens with zero attached hydrogens (tertiary/aromatic N) is 3. The Balaban J connectivity index is 1.52. The van der Waals surface area contributed by atoms with Crippen LogP contribution in [0.15, 0.2) is 42.5 Å². The number of rotatable bonds is 6. The summed E-state index contributed by atoms with van der Waals surface area (Å²) in [7, 11) is 0. The van der Waals surface area contributed by atoms with E-state index in [0.29, 0.717) is 5.69 Å². The number of hydrogen-bond donors (Lipinski definition) is 1. The molecule has 0 spiro atoms. The summed E-state index contributed by atoms with van der Waals surface area (Å²) in [6, 6.07) is 14.5. The van der Waals surface area contributed by atoms with E-state index in [0.717, 1.165) is 50.5 Å². The first kappa shape index (κ1) is 18.4. The van der Waals surface area contributed by atoms with E-state index in [1.165, 1.54) is 5.56 Å². The molecule has 1 unspecified atom stereocenters. The quantitative estimate of drug-likeness (QED) is 0.865. The molecule has 2 aromatic rings. The Kier molecular flexibility index (Phi) is 6.21. The van der Waals surface area contributed by atoms with Crippen LogP contribution >= 0.6 is 0 Å². The number of anilines is 1. The number of piperidine rings is 1. The minimum atomic E-state index is -0.153. The van der Waals surface area contributed by atoms with Gasteiger partial charge in [-0.25, -0.2) is 0 Å². The van der Waals surface area contributed by atoms with Gasteiger partial charge in [0.1, 0.15) is 0 Å². The first-order valence-corrected chi connectivity index (χ1v) is 9.59. The fraction of sp³-hybridized carbons (Fsp3) is 0.476. The standard InChI is InChI=1S/C21H28N4O/c1-3-16(2)22-21(26)19-9-10-20(24-23-19)25-13-11-18(12-14-25)15-17-7-5-4-6-8-17/h4-10,16,18H,3,11-15H2,1-2H3,(H,22,26). The molecule has 1 N–H and O–H groups in total. The summed E-state index contributed by atoms with van der Waals surface area (Å²) < 4.78 is 0. The van der Waals surface area contributed by atoms with Crippen LogP contribution in [0.4, 0.5) is 5.82 Å². The van der Waals surface area contributed by atoms with Gasteiger partial charge in [-0.3, -0.25) is 4.79 Å². The Hall–Kier alpha value is -2.43. The molecule has 0 bridgehead atoms. The van der Waals surface area contributed by atoms with Crippen molar-refractivity contribution in [2.24, 2.45) is 5.92 Å². The van der Waals surface area contributed by atoms with Crippen LogP contribution in [0.25, 0.3) is 0 Å². The lowest BCUT2D eigenvalue weighted by atomic mass is 9.90. The van der Waals surface area contributed by atoms with E-state index in [2.05, 4.69) is 50.7 Å². The average molecular weight is 352 g/mol. The maximum atomic E-state index is 12.1. The third-order valence-electron chi connectivity index (χ3n) is 5.18. The van der Waals surface area contributed by atoms with Crippen LogP contribution in [0.1, 0.15) is 49.2 Å². The maximum Gasteiger partial charge on any atom is 0.272 e. The van der Waals surface area contributed by atoms with Crippen LogP contribution in [0.3, 0.4) is 0 Å². The van der Waals surface area contributed by atoms with Crippen molar-refractivity contribution in [1.82, 2.24) is 15.5 Å². The largest absolute Gasteiger partial charge is 0.355 e. The van der Waals surface area contributed by atoms with Gasteiger partial charge >= 0.3 is 0 Å². The predicted octanol–water partition coefficient (Wildman–Crippen LogP) is 3.46. The van der Waals surface area contributed by atoms with Gasteiger partial charge < -0.3 is 10.2 Å². The lowest BCUT2D eigenvalue weighted by Crippen LogP contribution is -2.35. The van der Waals surface area contributed by atoms with Crippen LogP contribution in [-0.2, 0) is 6.42 Å². The maximum absolute atomic E-state index is 12.1. The summed E-state index contributed by atoms with van der Waals surface area (Å²) in [4.78, 5) is 14.4. The molecule has 1 aliphatic heterocycles. The summed E-state index contributed by atoms with van der Waals surface area (Å²) in [6.45, 7) is 6.01. The minimum absolute atomic E-state index is 0.146. The van der Waals surface area contributed by atoms with Gasteiger partial charge in [-0.1, -0.05) is 37.3 Å². The van der Waals surface area contributed by atoms with E-state index in [4.69, 9.17) is 0 Å². The number of nitrogens with one attached hydrogen (secondary N) is 1. The molecule has 1 amide bonds. The predicted molar refractivity (Wildman–Crippen MR) is 104 cm³/mol. The van der Waals surface area contributed by atoms with Gasteiger partial charge in [0.25, 0.3) is 5.91 Å². The Bertz CT molecular complexity index is 694. The van der Waals surface area contributed by atoms with E-state index in [1.807, 2.05) is 19.9 Å². The Morgan fingerprint density at radius 2 is 1.88 bits per heavy atom. The van der Waals surface area contributed by atoms with E-state index in [9.17, 15) is 4.79 Å². The number of benzene rings is 1. The summed E-state index contributed by atoms with van der Waals surface area (Å²) >= 11 is 0. The lowest BCUT2D eigenvalue weighted by molar-refractivity contribution is 0.0933. The molecule has 3 rings (SSSR count). The van der Waals surface area contributed by atoms with E-state index in [1.54, 1.807) is 6.07 Å². The highest BCUT2D eigenvalue weighted by Gasteiger charge is 2.21. The SMILES string of the molecule is CCC(C)NC(=O)c1ccc(N2CCC(Cc3ccccc3)CC2)nn1. The molecule has 26 heavy (non-hydrogen) atoms. The zero-order valence-corrected chi connectivity index (χ0v) is 15.7. The fourth-order valence-corrected chi connectivity index (χ4v) is 3.33. The van der Waals surface area contributed by atoms with Gasteiger partial charge in [-0.2, -0.15) is 0 Å². The Labute approximate surface area is 155 Å². The Morgan fingerprint density at radius 3 is 2.50 bits per heavy atom. The number of carbonyl (C=O) groups excluding carboxylic acids is 1. The number of aromatic nitrogens is 2. The van der Waals surface area contributed by atoms with Crippen molar-refractivity contribution < 1.29 is 4.79 Å². The molecule has 1 atom stereocenters. The zero-order valence-electron chi connectivity index (χ0n) is 15.7. The molecule has 2 heterocycles. The van der Waals surface area contributed by atoms with Gasteiger partial charge in [0, 0.05) is 19.1 Å². The molecule has 0 saturated carbocycles. The highest BCUT2D eigenvalue weighted by Crippen LogP contribution is 2.24. The summed E-state index contributed by atoms with van der Waals surface area (Å²) in [5, 5.41) is 11.3. The molecule has 5 nitrogen and oxygen atoms in total. The van der Waals surface area contributed by atoms with Crippen molar-refractivity contribution in [2.75, 3.05) is 18.0 Å². The number of amides is 1. The highest BCUT2D eigenvalue weighted by molar-refractivity contribution is 5.92. The molecule has 1 fully saturated rings. The zero-order chi connectivity index (χ0) is 18.4. The van der Waals surface area contributed by atoms with Gasteiger partial charge in [0.05, 0.1) is 0 Å². The smallest absolute Gasteiger partial charge is 0.272 e. The molecule has 0 radical (unpaired) electrons. The second kappa shape index (κ2) is 8.79. The number of hydrogen-bond acceptors (Lipinski definition) is 4. The van der Waals surface area contributed by atoms with Crippen molar-refractivity contribution in [3.05, 3.63) is 53.7 Å². The van der Waals surface area contributed by atoms with Gasteiger partial charge in [0.15, 0.2) is 11.5 Å². The van der Waals surface area contributed by atoms with E-state index >= 15 is 0 Å². The molecule has 1 aliphatic rings. The first-order valence-electron chi connectivity index (χ1n) is 9.59. The van der Waals surface area contributed by atoms with Crippen molar-refractivity contribution >= 4 is 11.7 Å². The van der Waals surface area contributed by atoms with Crippen LogP contribution in [0.2, 0.25) is 0 Å². The molecule has 1 aromatic heterocycles. The van der Waals surface area contributed by atoms with Gasteiger partial charge in [0.2, 0.25) is 0 Å². The monoisotopic (exact) mass is 352 g/mol. The highest BCUT2D eigenvalue weighted by atomic mass is 16.2. The normalized spacial score (nSPS) is 16.3. The van der Waals surface area contributed by atoms with Crippen molar-refractivity contribution in [3.63, 3.8) is 0 Å². The van der Waals surface area contributed by atoms with Crippen molar-refractivity contribution in [3.8, 4) is 0 Å². The minimum Gasteiger partial charge on any atom is -0.355 e. The van der Waals surface area contributed by atoms with Crippen LogP contribution in [0.5, 0.6) is 0 Å². The van der Waals surface area contributed by atoms with Crippen LogP contribution in [0, 0.1) is 5.92 Å². The van der Waals surface area contributed by atoms with E-state index in [-0.39, 0.29) is 11.9 Å². The third kappa shape index (κ3) is 4.81.